The van der Waals surface area contributed by atoms with Gasteiger partial charge in [-0.05, 0) is 54.8 Å². The maximum Gasteiger partial charge on any atom is 0.257 e. The van der Waals surface area contributed by atoms with E-state index in [-0.39, 0.29) is 5.91 Å². The number of anilines is 2. The van der Waals surface area contributed by atoms with Crippen LogP contribution in [0.1, 0.15) is 21.5 Å². The zero-order chi connectivity index (χ0) is 18.4. The Hall–Kier alpha value is -3.28. The second kappa shape index (κ2) is 8.20. The molecule has 2 aromatic heterocycles. The first-order valence-corrected chi connectivity index (χ1v) is 8.44. The number of nitrogens with one attached hydrogen (secondary N) is 1. The largest absolute Gasteiger partial charge is 0.358 e. The first-order valence-electron chi connectivity index (χ1n) is 8.44. The van der Waals surface area contributed by atoms with E-state index in [1.165, 1.54) is 5.56 Å². The summed E-state index contributed by atoms with van der Waals surface area (Å²) in [6.45, 7) is 2.72. The number of aryl methyl sites for hydroxylation is 1. The standard InChI is InChI=1S/C20H21N5O/c1-15-5-3-4-6-17(15)20(26)22-18-7-8-19(24-23-18)25(2)14-11-16-9-12-21-13-10-16/h3-10,12-13H,11,14H2,1-2H3,(H,22,23,26). The smallest absolute Gasteiger partial charge is 0.257 e. The first-order chi connectivity index (χ1) is 12.6. The second-order valence-corrected chi connectivity index (χ2v) is 6.07. The molecule has 6 nitrogen and oxygen atoms in total. The molecule has 26 heavy (non-hydrogen) atoms. The van der Waals surface area contributed by atoms with Crippen molar-refractivity contribution in [3.8, 4) is 0 Å². The van der Waals surface area contributed by atoms with Gasteiger partial charge in [-0.1, -0.05) is 18.2 Å². The van der Waals surface area contributed by atoms with Crippen LogP contribution in [0.3, 0.4) is 0 Å². The Morgan fingerprint density at radius 3 is 2.50 bits per heavy atom. The summed E-state index contributed by atoms with van der Waals surface area (Å²) in [6.07, 6.45) is 4.48. The monoisotopic (exact) mass is 347 g/mol. The molecule has 0 atom stereocenters. The van der Waals surface area contributed by atoms with Gasteiger partial charge >= 0.3 is 0 Å². The van der Waals surface area contributed by atoms with Gasteiger partial charge < -0.3 is 10.2 Å². The van der Waals surface area contributed by atoms with Gasteiger partial charge in [0.15, 0.2) is 11.6 Å². The fraction of sp³-hybridized carbons (Fsp3) is 0.200. The van der Waals surface area contributed by atoms with Gasteiger partial charge in [-0.15, -0.1) is 10.2 Å². The van der Waals surface area contributed by atoms with Crippen LogP contribution in [0.25, 0.3) is 0 Å². The van der Waals surface area contributed by atoms with Crippen molar-refractivity contribution in [2.24, 2.45) is 0 Å². The zero-order valence-corrected chi connectivity index (χ0v) is 14.9. The molecule has 0 spiro atoms. The number of pyridine rings is 1. The second-order valence-electron chi connectivity index (χ2n) is 6.07. The Bertz CT molecular complexity index is 865. The minimum absolute atomic E-state index is 0.184. The number of carbonyl (C=O) groups is 1. The summed E-state index contributed by atoms with van der Waals surface area (Å²) in [5.74, 6) is 1.01. The lowest BCUT2D eigenvalue weighted by Crippen LogP contribution is -2.22. The highest BCUT2D eigenvalue weighted by molar-refractivity contribution is 6.04. The van der Waals surface area contributed by atoms with Crippen LogP contribution in [0.5, 0.6) is 0 Å². The van der Waals surface area contributed by atoms with Crippen molar-refractivity contribution in [2.45, 2.75) is 13.3 Å². The van der Waals surface area contributed by atoms with Crippen molar-refractivity contribution in [3.05, 3.63) is 77.6 Å². The number of hydrogen-bond acceptors (Lipinski definition) is 5. The van der Waals surface area contributed by atoms with E-state index in [0.29, 0.717) is 11.4 Å². The van der Waals surface area contributed by atoms with E-state index >= 15 is 0 Å². The van der Waals surface area contributed by atoms with Crippen LogP contribution in [0.2, 0.25) is 0 Å². The molecule has 132 valence electrons. The highest BCUT2D eigenvalue weighted by atomic mass is 16.1. The fourth-order valence-corrected chi connectivity index (χ4v) is 2.57. The number of rotatable bonds is 6. The van der Waals surface area contributed by atoms with Gasteiger partial charge in [0.05, 0.1) is 0 Å². The molecule has 1 amide bonds. The molecule has 0 fully saturated rings. The average molecular weight is 347 g/mol. The molecule has 0 radical (unpaired) electrons. The summed E-state index contributed by atoms with van der Waals surface area (Å²) in [7, 11) is 1.97. The molecular weight excluding hydrogens is 326 g/mol. The predicted molar refractivity (Wildman–Crippen MR) is 102 cm³/mol. The summed E-state index contributed by atoms with van der Waals surface area (Å²) >= 11 is 0. The SMILES string of the molecule is Cc1ccccc1C(=O)Nc1ccc(N(C)CCc2ccncc2)nn1. The number of aromatic nitrogens is 3. The molecule has 6 heteroatoms. The van der Waals surface area contributed by atoms with Gasteiger partial charge in [0.2, 0.25) is 0 Å². The van der Waals surface area contributed by atoms with Crippen LogP contribution in [0.4, 0.5) is 11.6 Å². The molecule has 3 rings (SSSR count). The third-order valence-corrected chi connectivity index (χ3v) is 4.16. The van der Waals surface area contributed by atoms with Gasteiger partial charge in [0.25, 0.3) is 5.91 Å². The number of likely N-dealkylation sites (N-methyl/N-ethyl adjacent to an activating group) is 1. The summed E-state index contributed by atoms with van der Waals surface area (Å²) in [5.41, 5.74) is 2.78. The number of nitrogens with zero attached hydrogens (tertiary/aromatic N) is 4. The minimum atomic E-state index is -0.184. The maximum absolute atomic E-state index is 12.3. The summed E-state index contributed by atoms with van der Waals surface area (Å²) in [6, 6.07) is 15.1. The van der Waals surface area contributed by atoms with E-state index in [0.717, 1.165) is 24.3 Å². The fourth-order valence-electron chi connectivity index (χ4n) is 2.57. The predicted octanol–water partition coefficient (Wildman–Crippen LogP) is 3.11. The van der Waals surface area contributed by atoms with E-state index in [1.54, 1.807) is 24.5 Å². The molecule has 0 aliphatic heterocycles. The highest BCUT2D eigenvalue weighted by Crippen LogP contribution is 2.13. The summed E-state index contributed by atoms with van der Waals surface area (Å²) in [4.78, 5) is 18.4. The van der Waals surface area contributed by atoms with Crippen molar-refractivity contribution in [1.82, 2.24) is 15.2 Å². The van der Waals surface area contributed by atoms with Crippen LogP contribution in [0, 0.1) is 6.92 Å². The van der Waals surface area contributed by atoms with Crippen LogP contribution in [-0.2, 0) is 6.42 Å². The first kappa shape index (κ1) is 17.5. The van der Waals surface area contributed by atoms with Gasteiger partial charge in [0.1, 0.15) is 0 Å². The topological polar surface area (TPSA) is 71.0 Å². The highest BCUT2D eigenvalue weighted by Gasteiger charge is 2.10. The maximum atomic E-state index is 12.3. The molecular formula is C20H21N5O. The van der Waals surface area contributed by atoms with Gasteiger partial charge in [0, 0.05) is 31.5 Å². The Morgan fingerprint density at radius 2 is 1.81 bits per heavy atom. The molecule has 2 heterocycles. The molecule has 1 aromatic carbocycles. The van der Waals surface area contributed by atoms with Crippen molar-refractivity contribution in [2.75, 3.05) is 23.8 Å². The molecule has 0 aliphatic rings. The Labute approximate surface area is 152 Å². The lowest BCUT2D eigenvalue weighted by Gasteiger charge is -2.17. The van der Waals surface area contributed by atoms with E-state index in [9.17, 15) is 4.79 Å². The van der Waals surface area contributed by atoms with E-state index < -0.39 is 0 Å². The Balaban J connectivity index is 1.59. The van der Waals surface area contributed by atoms with E-state index in [1.807, 2.05) is 55.3 Å². The van der Waals surface area contributed by atoms with Crippen molar-refractivity contribution in [3.63, 3.8) is 0 Å². The van der Waals surface area contributed by atoms with E-state index in [4.69, 9.17) is 0 Å². The average Bonchev–Trinajstić information content (AvgIpc) is 2.68. The zero-order valence-electron chi connectivity index (χ0n) is 14.9. The Morgan fingerprint density at radius 1 is 1.04 bits per heavy atom. The Kier molecular flexibility index (Phi) is 5.53. The van der Waals surface area contributed by atoms with Crippen LogP contribution in [0.15, 0.2) is 60.9 Å². The molecule has 0 saturated carbocycles. The molecule has 3 aromatic rings. The van der Waals surface area contributed by atoms with Crippen LogP contribution in [-0.4, -0.2) is 34.7 Å². The number of carbonyl (C=O) groups excluding carboxylic acids is 1. The molecule has 0 aliphatic carbocycles. The molecule has 1 N–H and O–H groups in total. The number of benzene rings is 1. The molecule has 0 saturated heterocycles. The van der Waals surface area contributed by atoms with Crippen LogP contribution >= 0.6 is 0 Å². The summed E-state index contributed by atoms with van der Waals surface area (Å²) in [5, 5.41) is 11.1. The third kappa shape index (κ3) is 4.42. The van der Waals surface area contributed by atoms with Gasteiger partial charge in [-0.3, -0.25) is 9.78 Å². The minimum Gasteiger partial charge on any atom is -0.358 e. The number of hydrogen-bond donors (Lipinski definition) is 1. The van der Waals surface area contributed by atoms with Crippen molar-refractivity contribution in [1.29, 1.82) is 0 Å². The van der Waals surface area contributed by atoms with Gasteiger partial charge in [-0.2, -0.15) is 0 Å². The molecule has 0 unspecified atom stereocenters. The normalized spacial score (nSPS) is 10.4. The lowest BCUT2D eigenvalue weighted by molar-refractivity contribution is 0.102. The summed E-state index contributed by atoms with van der Waals surface area (Å²) < 4.78 is 0. The van der Waals surface area contributed by atoms with Crippen LogP contribution < -0.4 is 10.2 Å². The van der Waals surface area contributed by atoms with E-state index in [2.05, 4.69) is 20.5 Å². The van der Waals surface area contributed by atoms with Gasteiger partial charge in [-0.25, -0.2) is 0 Å². The lowest BCUT2D eigenvalue weighted by atomic mass is 10.1. The third-order valence-electron chi connectivity index (χ3n) is 4.16. The quantitative estimate of drug-likeness (QED) is 0.742. The molecule has 0 bridgehead atoms. The number of amides is 1. The van der Waals surface area contributed by atoms with Crippen molar-refractivity contribution >= 4 is 17.5 Å². The van der Waals surface area contributed by atoms with Crippen molar-refractivity contribution < 1.29 is 4.79 Å².